The molecule has 0 bridgehead atoms. The van der Waals surface area contributed by atoms with Crippen molar-refractivity contribution in [2.45, 2.75) is 32.1 Å². The lowest BCUT2D eigenvalue weighted by Gasteiger charge is -2.20. The van der Waals surface area contributed by atoms with Gasteiger partial charge in [-0.1, -0.05) is 31.0 Å². The molecule has 1 fully saturated rings. The lowest BCUT2D eigenvalue weighted by atomic mass is 9.84. The minimum absolute atomic E-state index is 0.374. The Morgan fingerprint density at radius 1 is 1.31 bits per heavy atom. The average molecular weight is 179 g/mol. The van der Waals surface area contributed by atoms with Crippen molar-refractivity contribution < 1.29 is 9.63 Å². The lowest BCUT2D eigenvalue weighted by molar-refractivity contribution is -0.136. The fourth-order valence-corrected chi connectivity index (χ4v) is 2.00. The standard InChI is InChI=1S/C10H13NO2/c1-7-9(11-13-10(7)12)8-5-3-2-4-6-8/h8H,1-6H2. The Hall–Kier alpha value is -1.12. The van der Waals surface area contributed by atoms with Gasteiger partial charge in [0.15, 0.2) is 0 Å². The number of carbonyl (C=O) groups is 1. The highest BCUT2D eigenvalue weighted by Gasteiger charge is 2.30. The van der Waals surface area contributed by atoms with Gasteiger partial charge < -0.3 is 4.84 Å². The predicted molar refractivity (Wildman–Crippen MR) is 49.2 cm³/mol. The maximum Gasteiger partial charge on any atom is 0.367 e. The molecule has 0 N–H and O–H groups in total. The Morgan fingerprint density at radius 2 is 2.00 bits per heavy atom. The highest BCUT2D eigenvalue weighted by molar-refractivity contribution is 6.22. The van der Waals surface area contributed by atoms with Crippen LogP contribution in [0, 0.1) is 5.92 Å². The number of hydrogen-bond acceptors (Lipinski definition) is 3. The molecule has 1 aliphatic heterocycles. The monoisotopic (exact) mass is 179 g/mol. The molecule has 13 heavy (non-hydrogen) atoms. The first-order chi connectivity index (χ1) is 6.29. The van der Waals surface area contributed by atoms with Gasteiger partial charge in [0.25, 0.3) is 0 Å². The van der Waals surface area contributed by atoms with E-state index in [0.717, 1.165) is 18.6 Å². The molecule has 0 unspecified atom stereocenters. The summed E-state index contributed by atoms with van der Waals surface area (Å²) in [5.74, 6) is 0.0354. The third kappa shape index (κ3) is 1.50. The summed E-state index contributed by atoms with van der Waals surface area (Å²) in [6.07, 6.45) is 5.99. The molecule has 1 heterocycles. The topological polar surface area (TPSA) is 38.7 Å². The van der Waals surface area contributed by atoms with Crippen LogP contribution in [0.5, 0.6) is 0 Å². The second-order valence-corrected chi connectivity index (χ2v) is 3.67. The van der Waals surface area contributed by atoms with Crippen LogP contribution in [0.3, 0.4) is 0 Å². The van der Waals surface area contributed by atoms with Crippen molar-refractivity contribution in [3.8, 4) is 0 Å². The van der Waals surface area contributed by atoms with Crippen molar-refractivity contribution in [2.75, 3.05) is 0 Å². The van der Waals surface area contributed by atoms with Crippen LogP contribution < -0.4 is 0 Å². The van der Waals surface area contributed by atoms with Crippen LogP contribution in [0.4, 0.5) is 0 Å². The third-order valence-corrected chi connectivity index (χ3v) is 2.77. The summed E-state index contributed by atoms with van der Waals surface area (Å²) < 4.78 is 0. The van der Waals surface area contributed by atoms with Crippen molar-refractivity contribution in [3.63, 3.8) is 0 Å². The second kappa shape index (κ2) is 3.32. The molecule has 0 amide bonds. The first kappa shape index (κ1) is 8.48. The number of oxime groups is 1. The zero-order valence-electron chi connectivity index (χ0n) is 7.58. The summed E-state index contributed by atoms with van der Waals surface area (Å²) in [6, 6.07) is 0. The van der Waals surface area contributed by atoms with Gasteiger partial charge in [-0.15, -0.1) is 0 Å². The normalized spacial score (nSPS) is 24.5. The Labute approximate surface area is 77.4 Å². The van der Waals surface area contributed by atoms with E-state index in [0.29, 0.717) is 11.5 Å². The Balaban J connectivity index is 2.08. The zero-order chi connectivity index (χ0) is 9.26. The summed E-state index contributed by atoms with van der Waals surface area (Å²) >= 11 is 0. The quantitative estimate of drug-likeness (QED) is 0.456. The van der Waals surface area contributed by atoms with Crippen molar-refractivity contribution in [1.29, 1.82) is 0 Å². The van der Waals surface area contributed by atoms with Gasteiger partial charge in [-0.05, 0) is 12.8 Å². The molecule has 0 saturated heterocycles. The van der Waals surface area contributed by atoms with Gasteiger partial charge in [0.2, 0.25) is 0 Å². The van der Waals surface area contributed by atoms with E-state index in [1.165, 1.54) is 19.3 Å². The molecule has 2 rings (SSSR count). The molecule has 70 valence electrons. The van der Waals surface area contributed by atoms with Crippen molar-refractivity contribution in [3.05, 3.63) is 12.2 Å². The molecule has 2 aliphatic rings. The third-order valence-electron chi connectivity index (χ3n) is 2.77. The van der Waals surface area contributed by atoms with Crippen LogP contribution in [0.15, 0.2) is 17.3 Å². The van der Waals surface area contributed by atoms with E-state index in [9.17, 15) is 4.79 Å². The smallest absolute Gasteiger partial charge is 0.312 e. The number of nitrogens with zero attached hydrogens (tertiary/aromatic N) is 1. The fraction of sp³-hybridized carbons (Fsp3) is 0.600. The molecule has 0 aromatic heterocycles. The van der Waals surface area contributed by atoms with Crippen molar-refractivity contribution in [2.24, 2.45) is 11.1 Å². The summed E-state index contributed by atoms with van der Waals surface area (Å²) in [5, 5.41) is 3.79. The SMILES string of the molecule is C=C1C(=O)ON=C1C1CCCCC1. The highest BCUT2D eigenvalue weighted by atomic mass is 16.7. The number of rotatable bonds is 1. The van der Waals surface area contributed by atoms with Crippen LogP contribution in [0.2, 0.25) is 0 Å². The number of carbonyl (C=O) groups excluding carboxylic acids is 1. The van der Waals surface area contributed by atoms with E-state index in [4.69, 9.17) is 0 Å². The van der Waals surface area contributed by atoms with E-state index >= 15 is 0 Å². The van der Waals surface area contributed by atoms with Crippen molar-refractivity contribution in [1.82, 2.24) is 0 Å². The van der Waals surface area contributed by atoms with Gasteiger partial charge in [0.05, 0.1) is 11.3 Å². The average Bonchev–Trinajstić information content (AvgIpc) is 2.49. The summed E-state index contributed by atoms with van der Waals surface area (Å²) in [6.45, 7) is 3.69. The second-order valence-electron chi connectivity index (χ2n) is 3.67. The fourth-order valence-electron chi connectivity index (χ4n) is 2.00. The van der Waals surface area contributed by atoms with E-state index < -0.39 is 0 Å². The van der Waals surface area contributed by atoms with Crippen LogP contribution in [0.1, 0.15) is 32.1 Å². The maximum absolute atomic E-state index is 11.0. The van der Waals surface area contributed by atoms with Crippen LogP contribution in [-0.2, 0) is 9.63 Å². The van der Waals surface area contributed by atoms with Gasteiger partial charge in [0, 0.05) is 5.92 Å². The maximum atomic E-state index is 11.0. The van der Waals surface area contributed by atoms with E-state index in [2.05, 4.69) is 16.6 Å². The molecule has 0 atom stereocenters. The molecule has 1 aliphatic carbocycles. The molecular weight excluding hydrogens is 166 g/mol. The zero-order valence-corrected chi connectivity index (χ0v) is 7.58. The molecule has 0 aromatic rings. The Kier molecular flexibility index (Phi) is 2.17. The van der Waals surface area contributed by atoms with Gasteiger partial charge in [-0.3, -0.25) is 0 Å². The Morgan fingerprint density at radius 3 is 2.54 bits per heavy atom. The summed E-state index contributed by atoms with van der Waals surface area (Å²) in [7, 11) is 0. The molecule has 0 aromatic carbocycles. The molecule has 1 saturated carbocycles. The highest BCUT2D eigenvalue weighted by Crippen LogP contribution is 2.29. The summed E-state index contributed by atoms with van der Waals surface area (Å²) in [4.78, 5) is 15.6. The van der Waals surface area contributed by atoms with E-state index in [1.807, 2.05) is 0 Å². The van der Waals surface area contributed by atoms with Gasteiger partial charge in [-0.25, -0.2) is 4.79 Å². The van der Waals surface area contributed by atoms with Gasteiger partial charge in [-0.2, -0.15) is 0 Å². The van der Waals surface area contributed by atoms with E-state index in [-0.39, 0.29) is 5.97 Å². The first-order valence-corrected chi connectivity index (χ1v) is 4.77. The van der Waals surface area contributed by atoms with Crippen LogP contribution in [-0.4, -0.2) is 11.7 Å². The molecule has 3 nitrogen and oxygen atoms in total. The molecule has 3 heteroatoms. The van der Waals surface area contributed by atoms with Crippen molar-refractivity contribution >= 4 is 11.7 Å². The predicted octanol–water partition coefficient (Wildman–Crippen LogP) is 2.04. The first-order valence-electron chi connectivity index (χ1n) is 4.77. The molecular formula is C10H13NO2. The molecule has 0 radical (unpaired) electrons. The van der Waals surface area contributed by atoms with E-state index in [1.54, 1.807) is 0 Å². The Bertz CT molecular complexity index is 275. The minimum Gasteiger partial charge on any atom is -0.312 e. The number of hydrogen-bond donors (Lipinski definition) is 0. The van der Waals surface area contributed by atoms with Gasteiger partial charge in [0.1, 0.15) is 0 Å². The summed E-state index contributed by atoms with van der Waals surface area (Å²) in [5.41, 5.74) is 1.26. The minimum atomic E-state index is -0.374. The van der Waals surface area contributed by atoms with Gasteiger partial charge >= 0.3 is 5.97 Å². The van der Waals surface area contributed by atoms with Crippen LogP contribution in [0.25, 0.3) is 0 Å². The lowest BCUT2D eigenvalue weighted by Crippen LogP contribution is -2.18. The largest absolute Gasteiger partial charge is 0.367 e. The molecule has 0 spiro atoms. The van der Waals surface area contributed by atoms with Crippen LogP contribution >= 0.6 is 0 Å².